The first kappa shape index (κ1) is 27.7. The number of para-hydroxylation sites is 1. The molecule has 4 rings (SSSR count). The van der Waals surface area contributed by atoms with Gasteiger partial charge in [0.05, 0.1) is 0 Å². The second kappa shape index (κ2) is 12.4. The van der Waals surface area contributed by atoms with Gasteiger partial charge in [0.15, 0.2) is 5.78 Å². The highest BCUT2D eigenvalue weighted by atomic mass is 35.5. The molecular weight excluding hydrogens is 466 g/mol. The zero-order chi connectivity index (χ0) is 24.8. The molecule has 0 fully saturated rings. The van der Waals surface area contributed by atoms with Gasteiger partial charge in [0.25, 0.3) is 0 Å². The van der Waals surface area contributed by atoms with Crippen LogP contribution in [0, 0.1) is 0 Å². The van der Waals surface area contributed by atoms with E-state index in [1.165, 1.54) is 22.3 Å². The van der Waals surface area contributed by atoms with Crippen LogP contribution in [-0.2, 0) is 12.0 Å². The van der Waals surface area contributed by atoms with E-state index in [0.717, 1.165) is 42.8 Å². The summed E-state index contributed by atoms with van der Waals surface area (Å²) < 4.78 is 6.08. The molecule has 190 valence electrons. The van der Waals surface area contributed by atoms with Crippen LogP contribution in [0.25, 0.3) is 5.57 Å². The standard InChI is InChI=1S/C32H37NO2.ClH/c1-32(2,3)26-19-17-24(18-20-26)30(34)15-10-22-33(4)21-9-14-28-27-12-6-5-11-25(27)23-35-31-16-8-7-13-29(28)31;/h5-8,11-14,16-20H,9-10,15,21-23H2,1-4H3;1H. The van der Waals surface area contributed by atoms with Crippen LogP contribution in [0.15, 0.2) is 78.9 Å². The molecular formula is C32H38ClNO2. The Morgan fingerprint density at radius 3 is 2.31 bits per heavy atom. The fourth-order valence-electron chi connectivity index (χ4n) is 4.60. The lowest BCUT2D eigenvalue weighted by atomic mass is 9.86. The Morgan fingerprint density at radius 2 is 1.58 bits per heavy atom. The summed E-state index contributed by atoms with van der Waals surface area (Å²) in [6.07, 6.45) is 4.73. The van der Waals surface area contributed by atoms with Gasteiger partial charge in [0.1, 0.15) is 12.4 Å². The molecule has 0 unspecified atom stereocenters. The Bertz CT molecular complexity index is 1140. The van der Waals surface area contributed by atoms with E-state index in [4.69, 9.17) is 4.74 Å². The van der Waals surface area contributed by atoms with Crippen molar-refractivity contribution in [3.05, 3.63) is 107 Å². The Hall–Kier alpha value is -2.88. The SMILES string of the molecule is CN(CCC=C1c2ccccc2COc2ccccc21)CCCC(=O)c1ccc(C(C)(C)C)cc1.Cl. The van der Waals surface area contributed by atoms with Gasteiger partial charge in [0, 0.05) is 24.1 Å². The predicted molar refractivity (Wildman–Crippen MR) is 152 cm³/mol. The van der Waals surface area contributed by atoms with E-state index in [-0.39, 0.29) is 23.6 Å². The quantitative estimate of drug-likeness (QED) is 0.295. The number of benzene rings is 3. The lowest BCUT2D eigenvalue weighted by molar-refractivity contribution is 0.0976. The van der Waals surface area contributed by atoms with Crippen molar-refractivity contribution in [2.45, 2.75) is 52.1 Å². The molecule has 0 saturated heterocycles. The molecule has 1 heterocycles. The minimum absolute atomic E-state index is 0. The molecule has 3 aromatic carbocycles. The third-order valence-corrected chi connectivity index (χ3v) is 6.74. The number of ether oxygens (including phenoxy) is 1. The van der Waals surface area contributed by atoms with Crippen LogP contribution in [0.1, 0.15) is 72.6 Å². The highest BCUT2D eigenvalue weighted by Crippen LogP contribution is 2.36. The Kier molecular flexibility index (Phi) is 9.53. The third kappa shape index (κ3) is 6.87. The monoisotopic (exact) mass is 503 g/mol. The van der Waals surface area contributed by atoms with E-state index >= 15 is 0 Å². The molecule has 0 amide bonds. The van der Waals surface area contributed by atoms with Gasteiger partial charge in [-0.3, -0.25) is 4.79 Å². The number of halogens is 1. The molecule has 0 aromatic heterocycles. The second-order valence-electron chi connectivity index (χ2n) is 10.5. The fraction of sp³-hybridized carbons (Fsp3) is 0.344. The number of nitrogens with zero attached hydrogens (tertiary/aromatic N) is 1. The maximum absolute atomic E-state index is 12.6. The first-order chi connectivity index (χ1) is 16.8. The van der Waals surface area contributed by atoms with Gasteiger partial charge < -0.3 is 9.64 Å². The van der Waals surface area contributed by atoms with Crippen LogP contribution in [0.4, 0.5) is 0 Å². The normalized spacial score (nSPS) is 13.9. The van der Waals surface area contributed by atoms with Crippen molar-refractivity contribution < 1.29 is 9.53 Å². The molecule has 3 aromatic rings. The van der Waals surface area contributed by atoms with Gasteiger partial charge in [-0.05, 0) is 60.2 Å². The predicted octanol–water partition coefficient (Wildman–Crippen LogP) is 7.72. The number of Topliss-reactive ketones (excluding diaryl/α,β-unsaturated/α-hetero) is 1. The smallest absolute Gasteiger partial charge is 0.162 e. The molecule has 0 saturated carbocycles. The number of carbonyl (C=O) groups is 1. The molecule has 0 bridgehead atoms. The lowest BCUT2D eigenvalue weighted by Gasteiger charge is -2.19. The van der Waals surface area contributed by atoms with Gasteiger partial charge in [-0.15, -0.1) is 12.4 Å². The summed E-state index contributed by atoms with van der Waals surface area (Å²) in [5, 5.41) is 0. The van der Waals surface area contributed by atoms with Gasteiger partial charge in [-0.1, -0.05) is 93.6 Å². The molecule has 0 atom stereocenters. The van der Waals surface area contributed by atoms with Gasteiger partial charge >= 0.3 is 0 Å². The Labute approximate surface area is 222 Å². The van der Waals surface area contributed by atoms with E-state index in [1.807, 2.05) is 18.2 Å². The van der Waals surface area contributed by atoms with E-state index in [9.17, 15) is 4.79 Å². The first-order valence-corrected chi connectivity index (χ1v) is 12.7. The molecule has 1 aliphatic heterocycles. The maximum atomic E-state index is 12.6. The van der Waals surface area contributed by atoms with Crippen LogP contribution in [0.3, 0.4) is 0 Å². The number of ketones is 1. The molecule has 0 aliphatic carbocycles. The third-order valence-electron chi connectivity index (χ3n) is 6.74. The highest BCUT2D eigenvalue weighted by Gasteiger charge is 2.18. The van der Waals surface area contributed by atoms with Gasteiger partial charge in [-0.25, -0.2) is 0 Å². The lowest BCUT2D eigenvalue weighted by Crippen LogP contribution is -2.21. The zero-order valence-electron chi connectivity index (χ0n) is 21.9. The van der Waals surface area contributed by atoms with Crippen molar-refractivity contribution in [1.82, 2.24) is 4.90 Å². The van der Waals surface area contributed by atoms with Gasteiger partial charge in [-0.2, -0.15) is 0 Å². The number of hydrogen-bond acceptors (Lipinski definition) is 3. The van der Waals surface area contributed by atoms with Crippen LogP contribution in [0.2, 0.25) is 0 Å². The number of fused-ring (bicyclic) bond motifs is 2. The van der Waals surface area contributed by atoms with Crippen molar-refractivity contribution in [3.63, 3.8) is 0 Å². The van der Waals surface area contributed by atoms with Crippen LogP contribution in [-0.4, -0.2) is 30.8 Å². The number of rotatable bonds is 8. The highest BCUT2D eigenvalue weighted by molar-refractivity contribution is 5.96. The molecule has 0 radical (unpaired) electrons. The molecule has 1 aliphatic rings. The largest absolute Gasteiger partial charge is 0.488 e. The van der Waals surface area contributed by atoms with Crippen LogP contribution in [0.5, 0.6) is 5.75 Å². The summed E-state index contributed by atoms with van der Waals surface area (Å²) in [5.41, 5.74) is 7.06. The van der Waals surface area contributed by atoms with Crippen molar-refractivity contribution in [3.8, 4) is 5.75 Å². The average Bonchev–Trinajstić information content (AvgIpc) is 3.01. The molecule has 4 heteroatoms. The zero-order valence-corrected chi connectivity index (χ0v) is 22.7. The summed E-state index contributed by atoms with van der Waals surface area (Å²) >= 11 is 0. The maximum Gasteiger partial charge on any atom is 0.162 e. The molecule has 3 nitrogen and oxygen atoms in total. The minimum Gasteiger partial charge on any atom is -0.488 e. The fourth-order valence-corrected chi connectivity index (χ4v) is 4.60. The summed E-state index contributed by atoms with van der Waals surface area (Å²) in [6, 6.07) is 24.9. The second-order valence-corrected chi connectivity index (χ2v) is 10.5. The first-order valence-electron chi connectivity index (χ1n) is 12.7. The van der Waals surface area contributed by atoms with E-state index in [1.54, 1.807) is 0 Å². The van der Waals surface area contributed by atoms with Crippen molar-refractivity contribution >= 4 is 23.8 Å². The molecule has 36 heavy (non-hydrogen) atoms. The summed E-state index contributed by atoms with van der Waals surface area (Å²) in [6.45, 7) is 9.02. The summed E-state index contributed by atoms with van der Waals surface area (Å²) in [7, 11) is 2.14. The molecule has 0 spiro atoms. The van der Waals surface area contributed by atoms with E-state index in [0.29, 0.717) is 13.0 Å². The van der Waals surface area contributed by atoms with E-state index < -0.39 is 0 Å². The van der Waals surface area contributed by atoms with Gasteiger partial charge in [0.2, 0.25) is 0 Å². The van der Waals surface area contributed by atoms with Crippen molar-refractivity contribution in [2.75, 3.05) is 20.1 Å². The summed E-state index contributed by atoms with van der Waals surface area (Å²) in [5.74, 6) is 1.17. The number of carbonyl (C=O) groups excluding carboxylic acids is 1. The van der Waals surface area contributed by atoms with Crippen molar-refractivity contribution in [1.29, 1.82) is 0 Å². The summed E-state index contributed by atoms with van der Waals surface area (Å²) in [4.78, 5) is 15.0. The Balaban J connectivity index is 0.00000361. The number of hydrogen-bond donors (Lipinski definition) is 0. The van der Waals surface area contributed by atoms with Crippen LogP contribution >= 0.6 is 12.4 Å². The van der Waals surface area contributed by atoms with E-state index in [2.05, 4.69) is 93.4 Å². The Morgan fingerprint density at radius 1 is 0.917 bits per heavy atom. The molecule has 0 N–H and O–H groups in total. The minimum atomic E-state index is 0. The topological polar surface area (TPSA) is 29.5 Å². The van der Waals surface area contributed by atoms with Crippen molar-refractivity contribution in [2.24, 2.45) is 0 Å². The average molecular weight is 504 g/mol. The van der Waals surface area contributed by atoms with Crippen LogP contribution < -0.4 is 4.74 Å².